The molecule has 0 N–H and O–H groups in total. The van der Waals surface area contributed by atoms with Crippen LogP contribution in [0.15, 0.2) is 55.1 Å². The number of allylic oxidation sites excluding steroid dienone is 1. The average molecular weight is 282 g/mol. The molecule has 3 heteroatoms. The molecule has 0 bridgehead atoms. The largest absolute Gasteiger partial charge is 0.493 e. The van der Waals surface area contributed by atoms with Gasteiger partial charge in [-0.25, -0.2) is 0 Å². The fourth-order valence-corrected chi connectivity index (χ4v) is 2.10. The molecule has 21 heavy (non-hydrogen) atoms. The minimum atomic E-state index is 0.446. The predicted octanol–water partition coefficient (Wildman–Crippen LogP) is 3.82. The lowest BCUT2D eigenvalue weighted by Crippen LogP contribution is -2.02. The summed E-state index contributed by atoms with van der Waals surface area (Å²) in [6.07, 6.45) is 3.19. The van der Waals surface area contributed by atoms with Crippen LogP contribution in [-0.4, -0.2) is 13.4 Å². The van der Waals surface area contributed by atoms with Crippen molar-refractivity contribution in [1.82, 2.24) is 0 Å². The van der Waals surface area contributed by atoms with Crippen LogP contribution in [0.5, 0.6) is 11.5 Å². The molecule has 2 aromatic carbocycles. The first kappa shape index (κ1) is 14.9. The van der Waals surface area contributed by atoms with E-state index in [1.807, 2.05) is 30.3 Å². The Bertz CT molecular complexity index is 618. The third kappa shape index (κ3) is 3.72. The highest BCUT2D eigenvalue weighted by Crippen LogP contribution is 2.33. The van der Waals surface area contributed by atoms with E-state index in [-0.39, 0.29) is 0 Å². The summed E-state index contributed by atoms with van der Waals surface area (Å²) >= 11 is 0. The first-order valence-electron chi connectivity index (χ1n) is 6.72. The molecule has 0 radical (unpaired) electrons. The molecular weight excluding hydrogens is 264 g/mol. The maximum Gasteiger partial charge on any atom is 0.165 e. The summed E-state index contributed by atoms with van der Waals surface area (Å²) in [5.41, 5.74) is 2.53. The van der Waals surface area contributed by atoms with Crippen LogP contribution in [0.1, 0.15) is 21.5 Å². The van der Waals surface area contributed by atoms with Crippen LogP contribution < -0.4 is 9.47 Å². The number of hydrogen-bond donors (Lipinski definition) is 0. The number of rotatable bonds is 7. The van der Waals surface area contributed by atoms with Crippen molar-refractivity contribution in [3.63, 3.8) is 0 Å². The van der Waals surface area contributed by atoms with Crippen LogP contribution in [-0.2, 0) is 13.0 Å². The fraction of sp³-hybridized carbons (Fsp3) is 0.167. The van der Waals surface area contributed by atoms with Crippen molar-refractivity contribution < 1.29 is 14.3 Å². The zero-order valence-electron chi connectivity index (χ0n) is 12.0. The number of benzene rings is 2. The second-order valence-corrected chi connectivity index (χ2v) is 4.60. The second-order valence-electron chi connectivity index (χ2n) is 4.60. The van der Waals surface area contributed by atoms with Gasteiger partial charge >= 0.3 is 0 Å². The van der Waals surface area contributed by atoms with Gasteiger partial charge < -0.3 is 9.47 Å². The lowest BCUT2D eigenvalue weighted by Gasteiger charge is -2.15. The van der Waals surface area contributed by atoms with Crippen LogP contribution >= 0.6 is 0 Å². The van der Waals surface area contributed by atoms with Gasteiger partial charge in [0.25, 0.3) is 0 Å². The van der Waals surface area contributed by atoms with Gasteiger partial charge in [0.05, 0.1) is 7.11 Å². The Morgan fingerprint density at radius 3 is 2.57 bits per heavy atom. The first-order chi connectivity index (χ1) is 10.3. The number of carbonyl (C=O) groups excluding carboxylic acids is 1. The quantitative estimate of drug-likeness (QED) is 0.572. The number of carbonyl (C=O) groups is 1. The molecule has 0 saturated carbocycles. The van der Waals surface area contributed by atoms with Gasteiger partial charge in [-0.3, -0.25) is 4.79 Å². The number of hydrogen-bond acceptors (Lipinski definition) is 3. The molecule has 0 unspecified atom stereocenters. The maximum absolute atomic E-state index is 11.0. The number of aldehydes is 1. The molecule has 2 aromatic rings. The third-order valence-corrected chi connectivity index (χ3v) is 3.10. The number of methoxy groups -OCH3 is 1. The Hall–Kier alpha value is -2.55. The monoisotopic (exact) mass is 282 g/mol. The van der Waals surface area contributed by atoms with E-state index in [1.165, 1.54) is 0 Å². The van der Waals surface area contributed by atoms with Gasteiger partial charge in [-0.05, 0) is 24.1 Å². The summed E-state index contributed by atoms with van der Waals surface area (Å²) in [6, 6.07) is 13.4. The Morgan fingerprint density at radius 1 is 1.19 bits per heavy atom. The Labute approximate surface area is 124 Å². The van der Waals surface area contributed by atoms with Crippen molar-refractivity contribution in [3.05, 3.63) is 71.8 Å². The molecule has 0 saturated heterocycles. The molecule has 0 atom stereocenters. The van der Waals surface area contributed by atoms with E-state index in [2.05, 4.69) is 6.58 Å². The molecule has 0 fully saturated rings. The van der Waals surface area contributed by atoms with E-state index in [1.54, 1.807) is 25.3 Å². The smallest absolute Gasteiger partial charge is 0.165 e. The van der Waals surface area contributed by atoms with Crippen LogP contribution in [0.25, 0.3) is 0 Å². The van der Waals surface area contributed by atoms with E-state index in [9.17, 15) is 4.79 Å². The van der Waals surface area contributed by atoms with Crippen molar-refractivity contribution in [2.24, 2.45) is 0 Å². The van der Waals surface area contributed by atoms with Crippen LogP contribution in [0, 0.1) is 0 Å². The normalized spacial score (nSPS) is 9.95. The summed E-state index contributed by atoms with van der Waals surface area (Å²) in [5.74, 6) is 1.22. The predicted molar refractivity (Wildman–Crippen MR) is 83.1 cm³/mol. The van der Waals surface area contributed by atoms with Crippen LogP contribution in [0.3, 0.4) is 0 Å². The topological polar surface area (TPSA) is 35.5 Å². The van der Waals surface area contributed by atoms with Crippen LogP contribution in [0.4, 0.5) is 0 Å². The van der Waals surface area contributed by atoms with Crippen molar-refractivity contribution in [1.29, 1.82) is 0 Å². The zero-order valence-corrected chi connectivity index (χ0v) is 12.0. The lowest BCUT2D eigenvalue weighted by molar-refractivity contribution is 0.112. The van der Waals surface area contributed by atoms with Gasteiger partial charge in [-0.2, -0.15) is 0 Å². The molecule has 0 aliphatic rings. The summed E-state index contributed by atoms with van der Waals surface area (Å²) < 4.78 is 11.3. The zero-order chi connectivity index (χ0) is 15.1. The van der Waals surface area contributed by atoms with E-state index < -0.39 is 0 Å². The summed E-state index contributed by atoms with van der Waals surface area (Å²) in [5, 5.41) is 0. The summed E-state index contributed by atoms with van der Waals surface area (Å²) in [6.45, 7) is 4.19. The lowest BCUT2D eigenvalue weighted by atomic mass is 10.1. The Morgan fingerprint density at radius 2 is 1.95 bits per heavy atom. The van der Waals surface area contributed by atoms with Gasteiger partial charge in [0.1, 0.15) is 12.9 Å². The molecule has 3 nitrogen and oxygen atoms in total. The first-order valence-corrected chi connectivity index (χ1v) is 6.72. The van der Waals surface area contributed by atoms with E-state index in [4.69, 9.17) is 9.47 Å². The minimum absolute atomic E-state index is 0.446. The number of ether oxygens (including phenoxy) is 2. The van der Waals surface area contributed by atoms with Crippen molar-refractivity contribution >= 4 is 6.29 Å². The van der Waals surface area contributed by atoms with Crippen molar-refractivity contribution in [2.45, 2.75) is 13.0 Å². The van der Waals surface area contributed by atoms with Gasteiger partial charge in [0.2, 0.25) is 0 Å². The van der Waals surface area contributed by atoms with Crippen molar-refractivity contribution in [2.75, 3.05) is 7.11 Å². The standard InChI is InChI=1S/C18H18O3/c1-3-7-16-10-15(12-19)11-17(20-2)18(16)21-13-14-8-5-4-6-9-14/h3-6,8-12H,1,7,13H2,2H3. The van der Waals surface area contributed by atoms with Crippen molar-refractivity contribution in [3.8, 4) is 11.5 Å². The molecule has 2 rings (SSSR count). The van der Waals surface area contributed by atoms with E-state index in [0.29, 0.717) is 30.1 Å². The Balaban J connectivity index is 2.31. The molecular formula is C18H18O3. The second kappa shape index (κ2) is 7.29. The molecule has 0 aromatic heterocycles. The van der Waals surface area contributed by atoms with Gasteiger partial charge in [0, 0.05) is 11.1 Å². The maximum atomic E-state index is 11.0. The summed E-state index contributed by atoms with van der Waals surface area (Å²) in [7, 11) is 1.57. The molecule has 108 valence electrons. The van der Waals surface area contributed by atoms with E-state index in [0.717, 1.165) is 17.4 Å². The third-order valence-electron chi connectivity index (χ3n) is 3.10. The van der Waals surface area contributed by atoms with Gasteiger partial charge in [-0.15, -0.1) is 6.58 Å². The van der Waals surface area contributed by atoms with Crippen LogP contribution in [0.2, 0.25) is 0 Å². The SMILES string of the molecule is C=CCc1cc(C=O)cc(OC)c1OCc1ccccc1. The van der Waals surface area contributed by atoms with E-state index >= 15 is 0 Å². The molecule has 0 aliphatic heterocycles. The summed E-state index contributed by atoms with van der Waals surface area (Å²) in [4.78, 5) is 11.0. The fourth-order valence-electron chi connectivity index (χ4n) is 2.10. The molecule has 0 amide bonds. The van der Waals surface area contributed by atoms with Gasteiger partial charge in [0.15, 0.2) is 11.5 Å². The molecule has 0 spiro atoms. The molecule has 0 aliphatic carbocycles. The molecule has 0 heterocycles. The highest BCUT2D eigenvalue weighted by atomic mass is 16.5. The highest BCUT2D eigenvalue weighted by Gasteiger charge is 2.12. The highest BCUT2D eigenvalue weighted by molar-refractivity contribution is 5.77. The average Bonchev–Trinajstić information content (AvgIpc) is 2.54. The minimum Gasteiger partial charge on any atom is -0.493 e. The van der Waals surface area contributed by atoms with Gasteiger partial charge in [-0.1, -0.05) is 36.4 Å². The Kier molecular flexibility index (Phi) is 5.16.